The summed E-state index contributed by atoms with van der Waals surface area (Å²) in [5.41, 5.74) is 7.91. The summed E-state index contributed by atoms with van der Waals surface area (Å²) in [6, 6.07) is 5.65. The third kappa shape index (κ3) is 3.06. The molecule has 2 aromatic carbocycles. The van der Waals surface area contributed by atoms with Crippen LogP contribution in [0.4, 0.5) is 25.8 Å². The lowest BCUT2D eigenvalue weighted by atomic mass is 10.1. The zero-order chi connectivity index (χ0) is 14.2. The smallest absolute Gasteiger partial charge is 0.147 e. The molecule has 0 fully saturated rings. The van der Waals surface area contributed by atoms with Crippen molar-refractivity contribution in [1.29, 1.82) is 0 Å². The Bertz CT molecular complexity index is 590. The van der Waals surface area contributed by atoms with Gasteiger partial charge in [0.2, 0.25) is 0 Å². The van der Waals surface area contributed by atoms with Crippen molar-refractivity contribution in [3.05, 3.63) is 50.4 Å². The molecule has 0 amide bonds. The fourth-order valence-corrected chi connectivity index (χ4v) is 2.33. The maximum Gasteiger partial charge on any atom is 0.147 e. The Morgan fingerprint density at radius 2 is 1.63 bits per heavy atom. The molecule has 0 saturated heterocycles. The van der Waals surface area contributed by atoms with E-state index in [1.54, 1.807) is 12.1 Å². The summed E-state index contributed by atoms with van der Waals surface area (Å²) in [4.78, 5) is 0. The van der Waals surface area contributed by atoms with Gasteiger partial charge in [0.25, 0.3) is 0 Å². The van der Waals surface area contributed by atoms with Crippen LogP contribution in [-0.4, -0.2) is 0 Å². The van der Waals surface area contributed by atoms with Crippen LogP contribution in [0.25, 0.3) is 0 Å². The van der Waals surface area contributed by atoms with Crippen LogP contribution in [0.5, 0.6) is 0 Å². The van der Waals surface area contributed by atoms with Crippen LogP contribution in [0.3, 0.4) is 0 Å². The molecule has 0 aliphatic carbocycles. The maximum atomic E-state index is 13.7. The summed E-state index contributed by atoms with van der Waals surface area (Å²) in [6.45, 7) is 1.84. The number of hydrogen-bond acceptors (Lipinski definition) is 2. The first-order chi connectivity index (χ1) is 8.88. The van der Waals surface area contributed by atoms with Gasteiger partial charge in [0.05, 0.1) is 15.8 Å². The van der Waals surface area contributed by atoms with E-state index in [1.165, 1.54) is 0 Å². The summed E-state index contributed by atoms with van der Waals surface area (Å²) < 4.78 is 27.9. The van der Waals surface area contributed by atoms with Gasteiger partial charge in [-0.3, -0.25) is 0 Å². The fraction of sp³-hybridized carbons (Fsp3) is 0.0769. The summed E-state index contributed by atoms with van der Waals surface area (Å²) in [6.07, 6.45) is 0. The number of benzene rings is 2. The van der Waals surface area contributed by atoms with Gasteiger partial charge in [-0.05, 0) is 62.5 Å². The summed E-state index contributed by atoms with van der Waals surface area (Å²) in [5, 5.41) is 2.84. The van der Waals surface area contributed by atoms with Crippen LogP contribution in [0.15, 0.2) is 33.2 Å². The van der Waals surface area contributed by atoms with E-state index in [-0.39, 0.29) is 10.2 Å². The molecule has 2 rings (SSSR count). The Labute approximate surface area is 126 Å². The molecule has 0 aliphatic rings. The highest BCUT2D eigenvalue weighted by molar-refractivity contribution is 9.10. The molecule has 2 aromatic rings. The van der Waals surface area contributed by atoms with E-state index >= 15 is 0 Å². The molecule has 19 heavy (non-hydrogen) atoms. The highest BCUT2D eigenvalue weighted by Gasteiger charge is 2.10. The largest absolute Gasteiger partial charge is 0.398 e. The first-order valence-corrected chi connectivity index (χ1v) is 6.94. The lowest BCUT2D eigenvalue weighted by Crippen LogP contribution is -1.98. The van der Waals surface area contributed by atoms with Gasteiger partial charge in [-0.25, -0.2) is 8.78 Å². The van der Waals surface area contributed by atoms with Crippen molar-refractivity contribution in [3.63, 3.8) is 0 Å². The number of halogens is 4. The maximum absolute atomic E-state index is 13.7. The second-order valence-electron chi connectivity index (χ2n) is 4.06. The topological polar surface area (TPSA) is 38.0 Å². The summed E-state index contributed by atoms with van der Waals surface area (Å²) in [5.74, 6) is -1.08. The number of anilines is 3. The van der Waals surface area contributed by atoms with E-state index in [9.17, 15) is 8.78 Å². The third-order valence-corrected chi connectivity index (χ3v) is 3.90. The van der Waals surface area contributed by atoms with Crippen molar-refractivity contribution in [2.24, 2.45) is 0 Å². The number of nitrogens with two attached hydrogens (primary N) is 1. The van der Waals surface area contributed by atoms with Gasteiger partial charge in [-0.1, -0.05) is 0 Å². The highest BCUT2D eigenvalue weighted by atomic mass is 79.9. The minimum absolute atomic E-state index is 0.0607. The van der Waals surface area contributed by atoms with Gasteiger partial charge in [0, 0.05) is 16.2 Å². The molecule has 0 saturated carbocycles. The Hall–Kier alpha value is -1.14. The van der Waals surface area contributed by atoms with Gasteiger partial charge in [0.15, 0.2) is 0 Å². The van der Waals surface area contributed by atoms with E-state index in [4.69, 9.17) is 5.73 Å². The second kappa shape index (κ2) is 5.46. The van der Waals surface area contributed by atoms with Gasteiger partial charge in [0.1, 0.15) is 11.6 Å². The van der Waals surface area contributed by atoms with Crippen LogP contribution < -0.4 is 11.1 Å². The molecule has 0 heterocycles. The quantitative estimate of drug-likeness (QED) is 0.550. The molecular weight excluding hydrogens is 382 g/mol. The van der Waals surface area contributed by atoms with Crippen molar-refractivity contribution in [2.45, 2.75) is 6.92 Å². The van der Waals surface area contributed by atoms with Crippen molar-refractivity contribution in [3.8, 4) is 0 Å². The van der Waals surface area contributed by atoms with Crippen LogP contribution >= 0.6 is 31.9 Å². The molecule has 0 aliphatic heterocycles. The first kappa shape index (κ1) is 14.3. The zero-order valence-corrected chi connectivity index (χ0v) is 13.1. The molecule has 0 unspecified atom stereocenters. The van der Waals surface area contributed by atoms with E-state index in [0.717, 1.165) is 17.7 Å². The average molecular weight is 392 g/mol. The predicted molar refractivity (Wildman–Crippen MR) is 80.6 cm³/mol. The van der Waals surface area contributed by atoms with E-state index in [2.05, 4.69) is 37.2 Å². The van der Waals surface area contributed by atoms with E-state index in [0.29, 0.717) is 15.8 Å². The molecule has 0 aromatic heterocycles. The monoisotopic (exact) mass is 390 g/mol. The second-order valence-corrected chi connectivity index (χ2v) is 5.77. The van der Waals surface area contributed by atoms with Crippen LogP contribution in [-0.2, 0) is 0 Å². The number of nitrogens with one attached hydrogen (secondary N) is 1. The van der Waals surface area contributed by atoms with Gasteiger partial charge < -0.3 is 11.1 Å². The lowest BCUT2D eigenvalue weighted by molar-refractivity contribution is 0.598. The first-order valence-electron chi connectivity index (χ1n) is 5.35. The average Bonchev–Trinajstić information content (AvgIpc) is 2.32. The molecule has 0 bridgehead atoms. The summed E-state index contributed by atoms with van der Waals surface area (Å²) in [7, 11) is 0. The van der Waals surface area contributed by atoms with E-state index < -0.39 is 11.6 Å². The van der Waals surface area contributed by atoms with Crippen molar-refractivity contribution in [1.82, 2.24) is 0 Å². The van der Waals surface area contributed by atoms with Gasteiger partial charge in [-0.2, -0.15) is 0 Å². The Morgan fingerprint density at radius 1 is 0.947 bits per heavy atom. The van der Waals surface area contributed by atoms with Crippen molar-refractivity contribution >= 4 is 48.9 Å². The van der Waals surface area contributed by atoms with Crippen LogP contribution in [0.2, 0.25) is 0 Å². The molecule has 100 valence electrons. The number of nitrogen functional groups attached to an aromatic ring is 1. The minimum Gasteiger partial charge on any atom is -0.398 e. The predicted octanol–water partition coefficient (Wildman–Crippen LogP) is 5.12. The Kier molecular flexibility index (Phi) is 4.10. The fourth-order valence-electron chi connectivity index (χ4n) is 1.56. The molecule has 0 radical (unpaired) electrons. The lowest BCUT2D eigenvalue weighted by Gasteiger charge is -2.12. The molecule has 0 spiro atoms. The number of rotatable bonds is 2. The normalized spacial score (nSPS) is 10.6. The standard InChI is InChI=1S/C13H10Br2F2N2/c1-6-2-12(8(15)4-11(6)18)19-13-5-9(16)7(14)3-10(13)17/h2-5,19H,18H2,1H3. The molecule has 0 atom stereocenters. The Balaban J connectivity index is 2.42. The highest BCUT2D eigenvalue weighted by Crippen LogP contribution is 2.32. The molecular formula is C13H10Br2F2N2. The number of hydrogen-bond donors (Lipinski definition) is 2. The van der Waals surface area contributed by atoms with Crippen molar-refractivity contribution < 1.29 is 8.78 Å². The van der Waals surface area contributed by atoms with Gasteiger partial charge >= 0.3 is 0 Å². The minimum atomic E-state index is -0.547. The Morgan fingerprint density at radius 3 is 2.32 bits per heavy atom. The zero-order valence-electron chi connectivity index (χ0n) is 9.90. The molecule has 2 nitrogen and oxygen atoms in total. The summed E-state index contributed by atoms with van der Waals surface area (Å²) >= 11 is 6.26. The molecule has 3 N–H and O–H groups in total. The number of aryl methyl sites for hydroxylation is 1. The van der Waals surface area contributed by atoms with E-state index in [1.807, 2.05) is 6.92 Å². The van der Waals surface area contributed by atoms with Crippen molar-refractivity contribution in [2.75, 3.05) is 11.1 Å². The van der Waals surface area contributed by atoms with Crippen LogP contribution in [0.1, 0.15) is 5.56 Å². The van der Waals surface area contributed by atoms with Crippen LogP contribution in [0, 0.1) is 18.6 Å². The van der Waals surface area contributed by atoms with Gasteiger partial charge in [-0.15, -0.1) is 0 Å². The SMILES string of the molecule is Cc1cc(Nc2cc(F)c(Br)cc2F)c(Br)cc1N. The molecule has 6 heteroatoms. The third-order valence-electron chi connectivity index (χ3n) is 2.64.